The fourth-order valence-corrected chi connectivity index (χ4v) is 4.34. The van der Waals surface area contributed by atoms with Gasteiger partial charge in [-0.25, -0.2) is 4.90 Å². The van der Waals surface area contributed by atoms with Crippen molar-refractivity contribution in [1.29, 1.82) is 0 Å². The molecule has 0 aliphatic carbocycles. The van der Waals surface area contributed by atoms with Gasteiger partial charge in [0.2, 0.25) is 0 Å². The Morgan fingerprint density at radius 3 is 2.00 bits per heavy atom. The lowest BCUT2D eigenvalue weighted by Crippen LogP contribution is -2.33. The predicted molar refractivity (Wildman–Crippen MR) is 127 cm³/mol. The SMILES string of the molecule is Cc1ccc(NC2=C(Sc3ccc(C)cc3)C(=O)N(c3cccc(C)c3C)C2=O)cc1. The molecule has 4 nitrogen and oxygen atoms in total. The Labute approximate surface area is 187 Å². The Bertz CT molecular complexity index is 1130. The van der Waals surface area contributed by atoms with E-state index in [4.69, 9.17) is 0 Å². The molecule has 156 valence electrons. The van der Waals surface area contributed by atoms with Crippen LogP contribution in [0.1, 0.15) is 22.3 Å². The summed E-state index contributed by atoms with van der Waals surface area (Å²) in [6.07, 6.45) is 0. The summed E-state index contributed by atoms with van der Waals surface area (Å²) >= 11 is 1.32. The van der Waals surface area contributed by atoms with E-state index in [1.54, 1.807) is 0 Å². The van der Waals surface area contributed by atoms with Crippen LogP contribution in [0.15, 0.2) is 82.2 Å². The summed E-state index contributed by atoms with van der Waals surface area (Å²) in [6.45, 7) is 7.94. The van der Waals surface area contributed by atoms with Crippen molar-refractivity contribution in [3.8, 4) is 0 Å². The van der Waals surface area contributed by atoms with Gasteiger partial charge < -0.3 is 5.32 Å². The molecule has 1 aliphatic heterocycles. The molecule has 4 rings (SSSR count). The maximum Gasteiger partial charge on any atom is 0.283 e. The minimum Gasteiger partial charge on any atom is -0.350 e. The lowest BCUT2D eigenvalue weighted by molar-refractivity contribution is -0.120. The van der Waals surface area contributed by atoms with Gasteiger partial charge in [0.25, 0.3) is 11.8 Å². The summed E-state index contributed by atoms with van der Waals surface area (Å²) in [5.74, 6) is -0.646. The van der Waals surface area contributed by atoms with E-state index >= 15 is 0 Å². The molecule has 0 unspecified atom stereocenters. The van der Waals surface area contributed by atoms with E-state index < -0.39 is 0 Å². The predicted octanol–water partition coefficient (Wildman–Crippen LogP) is 5.91. The quantitative estimate of drug-likeness (QED) is 0.513. The van der Waals surface area contributed by atoms with Gasteiger partial charge in [0.05, 0.1) is 5.69 Å². The van der Waals surface area contributed by atoms with E-state index in [0.29, 0.717) is 16.3 Å². The van der Waals surface area contributed by atoms with Crippen LogP contribution in [-0.2, 0) is 9.59 Å². The summed E-state index contributed by atoms with van der Waals surface area (Å²) in [5, 5.41) is 3.21. The molecule has 1 N–H and O–H groups in total. The number of benzene rings is 3. The van der Waals surface area contributed by atoms with E-state index in [9.17, 15) is 9.59 Å². The molecule has 0 atom stereocenters. The van der Waals surface area contributed by atoms with Crippen LogP contribution < -0.4 is 10.2 Å². The molecule has 1 aliphatic rings. The zero-order chi connectivity index (χ0) is 22.1. The number of nitrogens with one attached hydrogen (secondary N) is 1. The monoisotopic (exact) mass is 428 g/mol. The first-order valence-corrected chi connectivity index (χ1v) is 10.9. The normalized spacial score (nSPS) is 13.9. The fourth-order valence-electron chi connectivity index (χ4n) is 3.42. The van der Waals surface area contributed by atoms with Crippen molar-refractivity contribution in [2.24, 2.45) is 0 Å². The maximum absolute atomic E-state index is 13.5. The molecule has 0 spiro atoms. The Hall–Kier alpha value is -3.31. The summed E-state index contributed by atoms with van der Waals surface area (Å²) in [7, 11) is 0. The molecule has 0 aromatic heterocycles. The summed E-state index contributed by atoms with van der Waals surface area (Å²) < 4.78 is 0. The highest BCUT2D eigenvalue weighted by molar-refractivity contribution is 8.04. The smallest absolute Gasteiger partial charge is 0.283 e. The fraction of sp³-hybridized carbons (Fsp3) is 0.154. The highest BCUT2D eigenvalue weighted by Gasteiger charge is 2.40. The van der Waals surface area contributed by atoms with Crippen LogP contribution in [-0.4, -0.2) is 11.8 Å². The number of carbonyl (C=O) groups is 2. The van der Waals surface area contributed by atoms with Crippen molar-refractivity contribution < 1.29 is 9.59 Å². The molecular weight excluding hydrogens is 404 g/mol. The standard InChI is InChI=1S/C26H24N2O2S/c1-16-8-12-20(13-9-16)27-23-24(31-21-14-10-17(2)11-15-21)26(30)28(25(23)29)22-7-5-6-18(3)19(22)4/h5-15,27H,1-4H3. The van der Waals surface area contributed by atoms with Gasteiger partial charge in [0.1, 0.15) is 10.6 Å². The number of thioether (sulfide) groups is 1. The molecule has 2 amide bonds. The molecule has 0 bridgehead atoms. The van der Waals surface area contributed by atoms with Gasteiger partial charge in [-0.3, -0.25) is 9.59 Å². The number of imide groups is 1. The molecule has 5 heteroatoms. The number of carbonyl (C=O) groups excluding carboxylic acids is 2. The summed E-state index contributed by atoms with van der Waals surface area (Å²) in [5.41, 5.74) is 5.91. The Balaban J connectivity index is 1.77. The van der Waals surface area contributed by atoms with Gasteiger partial charge in [-0.2, -0.15) is 0 Å². The van der Waals surface area contributed by atoms with Gasteiger partial charge in [-0.05, 0) is 69.2 Å². The molecule has 31 heavy (non-hydrogen) atoms. The van der Waals surface area contributed by atoms with Crippen LogP contribution in [0.4, 0.5) is 11.4 Å². The second kappa shape index (κ2) is 8.44. The van der Waals surface area contributed by atoms with E-state index in [2.05, 4.69) is 5.32 Å². The number of hydrogen-bond acceptors (Lipinski definition) is 4. The van der Waals surface area contributed by atoms with Gasteiger partial charge in [-0.1, -0.05) is 59.3 Å². The third-order valence-corrected chi connectivity index (χ3v) is 6.51. The van der Waals surface area contributed by atoms with Crippen molar-refractivity contribution in [3.63, 3.8) is 0 Å². The first-order valence-electron chi connectivity index (χ1n) is 10.1. The highest BCUT2D eigenvalue weighted by atomic mass is 32.2. The third kappa shape index (κ3) is 4.14. The number of amides is 2. The first-order chi connectivity index (χ1) is 14.8. The topological polar surface area (TPSA) is 49.4 Å². The van der Waals surface area contributed by atoms with E-state index in [1.165, 1.54) is 16.7 Å². The second-order valence-corrected chi connectivity index (χ2v) is 8.86. The van der Waals surface area contributed by atoms with Gasteiger partial charge in [0, 0.05) is 10.6 Å². The van der Waals surface area contributed by atoms with Crippen molar-refractivity contribution in [3.05, 3.63) is 99.6 Å². The molecule has 3 aromatic carbocycles. The number of aryl methyl sites for hydroxylation is 3. The minimum absolute atomic E-state index is 0.306. The van der Waals surface area contributed by atoms with E-state index in [1.807, 2.05) is 94.4 Å². The lowest BCUT2D eigenvalue weighted by Gasteiger charge is -2.19. The zero-order valence-corrected chi connectivity index (χ0v) is 18.8. The van der Waals surface area contributed by atoms with E-state index in [0.717, 1.165) is 32.8 Å². The number of hydrogen-bond donors (Lipinski definition) is 1. The van der Waals surface area contributed by atoms with Crippen LogP contribution in [0, 0.1) is 27.7 Å². The summed E-state index contributed by atoms with van der Waals surface area (Å²) in [6, 6.07) is 21.4. The van der Waals surface area contributed by atoms with Gasteiger partial charge in [0.15, 0.2) is 0 Å². The molecule has 0 radical (unpaired) electrons. The first kappa shape index (κ1) is 20.9. The Morgan fingerprint density at radius 1 is 0.742 bits per heavy atom. The molecule has 3 aromatic rings. The zero-order valence-electron chi connectivity index (χ0n) is 18.0. The maximum atomic E-state index is 13.5. The number of rotatable bonds is 5. The Morgan fingerprint density at radius 2 is 1.35 bits per heavy atom. The van der Waals surface area contributed by atoms with Crippen molar-refractivity contribution in [1.82, 2.24) is 0 Å². The molecule has 0 saturated heterocycles. The average molecular weight is 429 g/mol. The van der Waals surface area contributed by atoms with Crippen LogP contribution in [0.2, 0.25) is 0 Å². The van der Waals surface area contributed by atoms with Crippen LogP contribution in [0.25, 0.3) is 0 Å². The van der Waals surface area contributed by atoms with Gasteiger partial charge in [-0.15, -0.1) is 0 Å². The number of nitrogens with zero attached hydrogens (tertiary/aromatic N) is 1. The van der Waals surface area contributed by atoms with Crippen LogP contribution in [0.5, 0.6) is 0 Å². The lowest BCUT2D eigenvalue weighted by atomic mass is 10.1. The molecular formula is C26H24N2O2S. The molecule has 0 fully saturated rings. The largest absolute Gasteiger partial charge is 0.350 e. The van der Waals surface area contributed by atoms with Crippen molar-refractivity contribution in [2.75, 3.05) is 10.2 Å². The average Bonchev–Trinajstić information content (AvgIpc) is 2.97. The Kier molecular flexibility index (Phi) is 5.70. The minimum atomic E-state index is -0.339. The summed E-state index contributed by atoms with van der Waals surface area (Å²) in [4.78, 5) is 29.6. The van der Waals surface area contributed by atoms with Crippen LogP contribution in [0.3, 0.4) is 0 Å². The molecule has 1 heterocycles. The van der Waals surface area contributed by atoms with E-state index in [-0.39, 0.29) is 11.8 Å². The van der Waals surface area contributed by atoms with Crippen molar-refractivity contribution >= 4 is 35.0 Å². The molecule has 0 saturated carbocycles. The number of anilines is 2. The van der Waals surface area contributed by atoms with Crippen LogP contribution >= 0.6 is 11.8 Å². The van der Waals surface area contributed by atoms with Gasteiger partial charge >= 0.3 is 0 Å². The second-order valence-electron chi connectivity index (χ2n) is 7.78. The van der Waals surface area contributed by atoms with Crippen molar-refractivity contribution in [2.45, 2.75) is 32.6 Å². The highest BCUT2D eigenvalue weighted by Crippen LogP contribution is 2.39. The third-order valence-electron chi connectivity index (χ3n) is 5.42.